The Hall–Kier alpha value is -3.79. The molecule has 1 unspecified atom stereocenters. The molecule has 2 aromatic carbocycles. The minimum absolute atomic E-state index is 0.168. The Balaban J connectivity index is 1.51. The van der Waals surface area contributed by atoms with Crippen LogP contribution in [0.1, 0.15) is 12.8 Å². The van der Waals surface area contributed by atoms with E-state index in [-0.39, 0.29) is 18.4 Å². The van der Waals surface area contributed by atoms with Gasteiger partial charge in [0.1, 0.15) is 5.84 Å². The van der Waals surface area contributed by atoms with Crippen molar-refractivity contribution in [2.75, 3.05) is 37.6 Å². The normalized spacial score (nSPS) is 19.1. The van der Waals surface area contributed by atoms with Crippen molar-refractivity contribution >= 4 is 28.2 Å². The van der Waals surface area contributed by atoms with Gasteiger partial charge in [-0.05, 0) is 23.9 Å². The molecule has 0 radical (unpaired) electrons. The molecule has 0 spiro atoms. The molecule has 1 fully saturated rings. The summed E-state index contributed by atoms with van der Waals surface area (Å²) in [6, 6.07) is 16.5. The molecule has 2 aliphatic rings. The monoisotopic (exact) mass is 428 g/mol. The van der Waals surface area contributed by atoms with Gasteiger partial charge in [0, 0.05) is 48.5 Å². The van der Waals surface area contributed by atoms with Crippen LogP contribution in [0.3, 0.4) is 0 Å². The molecule has 3 N–H and O–H groups in total. The maximum absolute atomic E-state index is 12.1. The predicted octanol–water partition coefficient (Wildman–Crippen LogP) is 2.85. The molecule has 0 aromatic heterocycles. The molecule has 1 saturated heterocycles. The lowest BCUT2D eigenvalue weighted by atomic mass is 10.00. The number of nitrogens with zero attached hydrogens (tertiary/aromatic N) is 4. The summed E-state index contributed by atoms with van der Waals surface area (Å²) in [6.45, 7) is 6.38. The fraction of sp³-hybridized carbons (Fsp3) is 0.320. The number of piperazine rings is 1. The van der Waals surface area contributed by atoms with Crippen LogP contribution in [0.4, 0.5) is 5.69 Å². The maximum atomic E-state index is 12.1. The average Bonchev–Trinajstić information content (AvgIpc) is 2.83. The lowest BCUT2D eigenvalue weighted by molar-refractivity contribution is -0.129. The number of amidine groups is 1. The number of hydrogen-bond acceptors (Lipinski definition) is 5. The number of carbonyl (C=O) groups excluding carboxylic acids is 1. The zero-order chi connectivity index (χ0) is 22.7. The first-order valence-electron chi connectivity index (χ1n) is 10.9. The zero-order valence-corrected chi connectivity index (χ0v) is 18.1. The number of rotatable bonds is 4. The Labute approximate surface area is 188 Å². The third-order valence-corrected chi connectivity index (χ3v) is 6.36. The van der Waals surface area contributed by atoms with Gasteiger partial charge in [-0.25, -0.2) is 0 Å². The molecule has 1 amide bonds. The number of nitrogens with one attached hydrogen (secondary N) is 1. The second-order valence-corrected chi connectivity index (χ2v) is 8.22. The van der Waals surface area contributed by atoms with Crippen LogP contribution >= 0.6 is 0 Å². The Kier molecular flexibility index (Phi) is 6.13. The zero-order valence-electron chi connectivity index (χ0n) is 18.1. The van der Waals surface area contributed by atoms with Gasteiger partial charge in [0.05, 0.1) is 25.1 Å². The third-order valence-electron chi connectivity index (χ3n) is 6.36. The van der Waals surface area contributed by atoms with Gasteiger partial charge in [0.2, 0.25) is 5.91 Å². The van der Waals surface area contributed by atoms with Crippen LogP contribution in [0.15, 0.2) is 66.4 Å². The summed E-state index contributed by atoms with van der Waals surface area (Å²) in [5, 5.41) is 20.4. The van der Waals surface area contributed by atoms with E-state index in [0.29, 0.717) is 44.1 Å². The molecule has 7 nitrogen and oxygen atoms in total. The van der Waals surface area contributed by atoms with Gasteiger partial charge >= 0.3 is 0 Å². The number of fused-ring (bicyclic) bond motifs is 1. The number of nitrogens with two attached hydrogens (primary N) is 1. The molecule has 2 aromatic rings. The number of carbonyl (C=O) groups is 1. The van der Waals surface area contributed by atoms with Gasteiger partial charge in [-0.1, -0.05) is 43.0 Å². The fourth-order valence-corrected chi connectivity index (χ4v) is 4.68. The van der Waals surface area contributed by atoms with Crippen LogP contribution in [0.5, 0.6) is 0 Å². The molecule has 4 rings (SSSR count). The number of nitriles is 1. The van der Waals surface area contributed by atoms with Crippen LogP contribution in [-0.4, -0.2) is 60.3 Å². The van der Waals surface area contributed by atoms with E-state index in [4.69, 9.17) is 11.1 Å². The quantitative estimate of drug-likeness (QED) is 0.443. The van der Waals surface area contributed by atoms with Crippen molar-refractivity contribution in [1.29, 1.82) is 10.7 Å². The first-order chi connectivity index (χ1) is 15.5. The van der Waals surface area contributed by atoms with Gasteiger partial charge in [-0.15, -0.1) is 0 Å². The van der Waals surface area contributed by atoms with Crippen molar-refractivity contribution in [2.24, 2.45) is 5.73 Å². The Morgan fingerprint density at radius 2 is 2.00 bits per heavy atom. The highest BCUT2D eigenvalue weighted by Crippen LogP contribution is 2.30. The highest BCUT2D eigenvalue weighted by Gasteiger charge is 2.32. The maximum Gasteiger partial charge on any atom is 0.246 e. The van der Waals surface area contributed by atoms with Crippen molar-refractivity contribution in [2.45, 2.75) is 18.9 Å². The molecule has 0 saturated carbocycles. The highest BCUT2D eigenvalue weighted by atomic mass is 16.2. The lowest BCUT2D eigenvalue weighted by Crippen LogP contribution is -2.56. The largest absolute Gasteiger partial charge is 0.400 e. The van der Waals surface area contributed by atoms with Gasteiger partial charge in [0.15, 0.2) is 0 Å². The first kappa shape index (κ1) is 21.4. The van der Waals surface area contributed by atoms with Crippen LogP contribution in [0, 0.1) is 16.7 Å². The molecule has 164 valence electrons. The van der Waals surface area contributed by atoms with Crippen LogP contribution in [0.2, 0.25) is 0 Å². The molecule has 32 heavy (non-hydrogen) atoms. The summed E-state index contributed by atoms with van der Waals surface area (Å²) in [4.78, 5) is 18.0. The van der Waals surface area contributed by atoms with Gasteiger partial charge in [-0.2, -0.15) is 5.26 Å². The highest BCUT2D eigenvalue weighted by molar-refractivity contribution is 5.98. The number of amides is 1. The summed E-state index contributed by atoms with van der Waals surface area (Å²) in [7, 11) is 0. The standard InChI is InChI=1S/C25H28N6O/c1-2-24(32)31-15-14-30(16-19(31)10-12-26)25(28)21-11-13-29(17-22(21)27)23-9-5-7-18-6-3-4-8-20(18)23/h2-9,19,28H,1,10-11,13-17,27H2. The predicted molar refractivity (Wildman–Crippen MR) is 127 cm³/mol. The first-order valence-corrected chi connectivity index (χ1v) is 10.9. The minimum atomic E-state index is -0.253. The van der Waals surface area contributed by atoms with E-state index >= 15 is 0 Å². The third kappa shape index (κ3) is 4.04. The topological polar surface area (TPSA) is 100 Å². The van der Waals surface area contributed by atoms with Crippen LogP contribution in [-0.2, 0) is 4.79 Å². The molecular weight excluding hydrogens is 400 g/mol. The Morgan fingerprint density at radius 1 is 1.22 bits per heavy atom. The summed E-state index contributed by atoms with van der Waals surface area (Å²) < 4.78 is 0. The van der Waals surface area contributed by atoms with Gasteiger partial charge < -0.3 is 20.4 Å². The average molecular weight is 429 g/mol. The smallest absolute Gasteiger partial charge is 0.246 e. The Morgan fingerprint density at radius 3 is 2.75 bits per heavy atom. The molecule has 7 heteroatoms. The van der Waals surface area contributed by atoms with Gasteiger partial charge in [-0.3, -0.25) is 10.2 Å². The van der Waals surface area contributed by atoms with Crippen molar-refractivity contribution in [3.05, 3.63) is 66.4 Å². The van der Waals surface area contributed by atoms with E-state index in [1.807, 2.05) is 17.0 Å². The van der Waals surface area contributed by atoms with E-state index < -0.39 is 0 Å². The number of benzene rings is 2. The van der Waals surface area contributed by atoms with Crippen molar-refractivity contribution < 1.29 is 4.79 Å². The van der Waals surface area contributed by atoms with Gasteiger partial charge in [0.25, 0.3) is 0 Å². The minimum Gasteiger partial charge on any atom is -0.400 e. The van der Waals surface area contributed by atoms with E-state index in [9.17, 15) is 10.1 Å². The fourth-order valence-electron chi connectivity index (χ4n) is 4.68. The van der Waals surface area contributed by atoms with E-state index in [2.05, 4.69) is 47.9 Å². The number of anilines is 1. The van der Waals surface area contributed by atoms with E-state index in [1.165, 1.54) is 16.8 Å². The lowest BCUT2D eigenvalue weighted by Gasteiger charge is -2.42. The summed E-state index contributed by atoms with van der Waals surface area (Å²) in [5.74, 6) is 0.243. The molecule has 1 atom stereocenters. The SMILES string of the molecule is C=CC(=O)N1CCN(C(=N)C2=C(N)CN(c3cccc4ccccc34)CC2)CC1CC#N. The van der Waals surface area contributed by atoms with E-state index in [1.54, 1.807) is 4.90 Å². The summed E-state index contributed by atoms with van der Waals surface area (Å²) in [5.41, 5.74) is 9.21. The second-order valence-electron chi connectivity index (χ2n) is 8.22. The van der Waals surface area contributed by atoms with Crippen molar-refractivity contribution in [1.82, 2.24) is 9.80 Å². The van der Waals surface area contributed by atoms with E-state index in [0.717, 1.165) is 17.8 Å². The number of hydrogen-bond donors (Lipinski definition) is 2. The summed E-state index contributed by atoms with van der Waals surface area (Å²) >= 11 is 0. The summed E-state index contributed by atoms with van der Waals surface area (Å²) in [6.07, 6.45) is 2.20. The van der Waals surface area contributed by atoms with Crippen LogP contribution in [0.25, 0.3) is 10.8 Å². The molecular formula is C25H28N6O. The molecule has 2 aliphatic heterocycles. The molecule has 0 bridgehead atoms. The van der Waals surface area contributed by atoms with Crippen molar-refractivity contribution in [3.63, 3.8) is 0 Å². The molecule has 0 aliphatic carbocycles. The van der Waals surface area contributed by atoms with Crippen LogP contribution < -0.4 is 10.6 Å². The molecule has 2 heterocycles. The second kappa shape index (κ2) is 9.15. The Bertz CT molecular complexity index is 1130. The van der Waals surface area contributed by atoms with Crippen molar-refractivity contribution in [3.8, 4) is 6.07 Å².